The average Bonchev–Trinajstić information content (AvgIpc) is 2.66. The zero-order valence-corrected chi connectivity index (χ0v) is 15.4. The molecule has 2 fully saturated rings. The van der Waals surface area contributed by atoms with Crippen molar-refractivity contribution in [2.45, 2.75) is 46.1 Å². The highest BCUT2D eigenvalue weighted by Crippen LogP contribution is 2.52. The molecular weight excluding hydrogens is 333 g/mol. The van der Waals surface area contributed by atoms with Gasteiger partial charge in [-0.2, -0.15) is 0 Å². The predicted molar refractivity (Wildman–Crippen MR) is 93.2 cm³/mol. The first kappa shape index (κ1) is 16.9. The van der Waals surface area contributed by atoms with Crippen LogP contribution in [0.5, 0.6) is 5.75 Å². The van der Waals surface area contributed by atoms with Crippen LogP contribution in [0.4, 0.5) is 0 Å². The summed E-state index contributed by atoms with van der Waals surface area (Å²) in [5.41, 5.74) is 0.535. The number of rotatable bonds is 3. The Balaban J connectivity index is 1.65. The molecule has 2 atom stereocenters. The van der Waals surface area contributed by atoms with Gasteiger partial charge in [0.2, 0.25) is 0 Å². The number of carbonyl (C=O) groups excluding carboxylic acids is 1. The minimum Gasteiger partial charge on any atom is -0.482 e. The molecule has 1 aliphatic heterocycles. The maximum absolute atomic E-state index is 12.6. The molecule has 3 nitrogen and oxygen atoms in total. The van der Waals surface area contributed by atoms with E-state index in [1.807, 2.05) is 4.90 Å². The summed E-state index contributed by atoms with van der Waals surface area (Å²) < 4.78 is 5.62. The summed E-state index contributed by atoms with van der Waals surface area (Å²) in [4.78, 5) is 14.6. The van der Waals surface area contributed by atoms with Crippen molar-refractivity contribution in [1.29, 1.82) is 0 Å². The summed E-state index contributed by atoms with van der Waals surface area (Å²) in [5, 5.41) is 0.982. The van der Waals surface area contributed by atoms with Gasteiger partial charge in [-0.3, -0.25) is 4.79 Å². The number of halogens is 2. The van der Waals surface area contributed by atoms with Crippen LogP contribution < -0.4 is 4.74 Å². The van der Waals surface area contributed by atoms with Gasteiger partial charge < -0.3 is 9.64 Å². The number of hydrogen-bond acceptors (Lipinski definition) is 2. The third-order valence-corrected chi connectivity index (χ3v) is 5.51. The minimum atomic E-state index is 0.0222. The average molecular weight is 356 g/mol. The van der Waals surface area contributed by atoms with Gasteiger partial charge in [0.15, 0.2) is 6.61 Å². The van der Waals surface area contributed by atoms with Crippen LogP contribution in [-0.4, -0.2) is 30.0 Å². The molecule has 2 bridgehead atoms. The molecule has 3 rings (SSSR count). The summed E-state index contributed by atoms with van der Waals surface area (Å²) >= 11 is 12.0. The van der Waals surface area contributed by atoms with E-state index in [1.54, 1.807) is 18.2 Å². The number of amides is 1. The van der Waals surface area contributed by atoms with Crippen molar-refractivity contribution in [3.05, 3.63) is 28.2 Å². The normalized spacial score (nSPS) is 28.7. The molecule has 1 amide bonds. The molecule has 0 N–H and O–H groups in total. The molecule has 1 saturated heterocycles. The molecule has 5 heteroatoms. The van der Waals surface area contributed by atoms with Crippen LogP contribution in [0.3, 0.4) is 0 Å². The Bertz CT molecular complexity index is 631. The molecule has 126 valence electrons. The zero-order chi connectivity index (χ0) is 16.8. The van der Waals surface area contributed by atoms with Crippen molar-refractivity contribution >= 4 is 29.1 Å². The fourth-order valence-corrected chi connectivity index (χ4v) is 5.03. The molecule has 0 aromatic heterocycles. The van der Waals surface area contributed by atoms with Crippen LogP contribution >= 0.6 is 23.2 Å². The van der Waals surface area contributed by atoms with Crippen LogP contribution in [0.2, 0.25) is 10.0 Å². The molecule has 2 aliphatic rings. The number of benzene rings is 1. The van der Waals surface area contributed by atoms with Crippen molar-refractivity contribution < 1.29 is 9.53 Å². The number of likely N-dealkylation sites (tertiary alicyclic amines) is 1. The molecule has 23 heavy (non-hydrogen) atoms. The topological polar surface area (TPSA) is 29.5 Å². The predicted octanol–water partition coefficient (Wildman–Crippen LogP) is 4.80. The highest BCUT2D eigenvalue weighted by molar-refractivity contribution is 6.35. The van der Waals surface area contributed by atoms with Gasteiger partial charge in [-0.05, 0) is 48.3 Å². The van der Waals surface area contributed by atoms with Crippen LogP contribution in [0.1, 0.15) is 40.0 Å². The lowest BCUT2D eigenvalue weighted by molar-refractivity contribution is -0.134. The number of ether oxygens (including phenoxy) is 1. The van der Waals surface area contributed by atoms with Gasteiger partial charge >= 0.3 is 0 Å². The quantitative estimate of drug-likeness (QED) is 0.779. The molecule has 1 aliphatic carbocycles. The zero-order valence-electron chi connectivity index (χ0n) is 13.9. The van der Waals surface area contributed by atoms with E-state index < -0.39 is 0 Å². The molecule has 1 aromatic carbocycles. The van der Waals surface area contributed by atoms with Crippen molar-refractivity contribution in [3.63, 3.8) is 0 Å². The van der Waals surface area contributed by atoms with Gasteiger partial charge in [-0.25, -0.2) is 0 Å². The Morgan fingerprint density at radius 2 is 2.04 bits per heavy atom. The van der Waals surface area contributed by atoms with Crippen molar-refractivity contribution in [2.24, 2.45) is 10.8 Å². The number of nitrogens with zero attached hydrogens (tertiary/aromatic N) is 1. The molecule has 1 saturated carbocycles. The first-order valence-electron chi connectivity index (χ1n) is 8.05. The summed E-state index contributed by atoms with van der Waals surface area (Å²) in [6.07, 6.45) is 3.34. The van der Waals surface area contributed by atoms with Crippen LogP contribution in [0.25, 0.3) is 0 Å². The number of carbonyl (C=O) groups is 1. The van der Waals surface area contributed by atoms with Crippen molar-refractivity contribution in [2.75, 3.05) is 13.2 Å². The lowest BCUT2D eigenvalue weighted by Gasteiger charge is -2.39. The summed E-state index contributed by atoms with van der Waals surface area (Å²) in [6.45, 7) is 7.75. The van der Waals surface area contributed by atoms with Crippen LogP contribution in [-0.2, 0) is 4.79 Å². The van der Waals surface area contributed by atoms with Gasteiger partial charge in [-0.1, -0.05) is 44.0 Å². The number of hydrogen-bond donors (Lipinski definition) is 0. The molecular formula is C18H23Cl2NO2. The Labute approximate surface area is 147 Å². The molecule has 1 heterocycles. The second kappa shape index (κ2) is 5.86. The van der Waals surface area contributed by atoms with E-state index in [2.05, 4.69) is 20.8 Å². The lowest BCUT2D eigenvalue weighted by Crippen LogP contribution is -2.40. The van der Waals surface area contributed by atoms with Gasteiger partial charge in [0.1, 0.15) is 5.75 Å². The minimum absolute atomic E-state index is 0.0222. The third-order valence-electron chi connectivity index (χ3n) is 4.98. The van der Waals surface area contributed by atoms with Crippen molar-refractivity contribution in [3.8, 4) is 5.75 Å². The van der Waals surface area contributed by atoms with E-state index in [9.17, 15) is 4.79 Å². The number of fused-ring (bicyclic) bond motifs is 2. The second-order valence-corrected chi connectivity index (χ2v) is 8.94. The van der Waals surface area contributed by atoms with E-state index in [1.165, 1.54) is 6.42 Å². The molecule has 0 radical (unpaired) electrons. The smallest absolute Gasteiger partial charge is 0.260 e. The van der Waals surface area contributed by atoms with E-state index in [4.69, 9.17) is 27.9 Å². The highest BCUT2D eigenvalue weighted by Gasteiger charge is 2.50. The Hall–Kier alpha value is -0.930. The largest absolute Gasteiger partial charge is 0.482 e. The van der Waals surface area contributed by atoms with E-state index in [-0.39, 0.29) is 17.9 Å². The van der Waals surface area contributed by atoms with E-state index in [0.29, 0.717) is 27.3 Å². The fraction of sp³-hybridized carbons (Fsp3) is 0.611. The van der Waals surface area contributed by atoms with Gasteiger partial charge in [0.05, 0.1) is 5.02 Å². The maximum Gasteiger partial charge on any atom is 0.260 e. The monoisotopic (exact) mass is 355 g/mol. The maximum atomic E-state index is 12.6. The highest BCUT2D eigenvalue weighted by atomic mass is 35.5. The third kappa shape index (κ3) is 3.61. The molecule has 1 aromatic rings. The van der Waals surface area contributed by atoms with Gasteiger partial charge in [0, 0.05) is 17.6 Å². The first-order chi connectivity index (χ1) is 10.7. The molecule has 0 unspecified atom stereocenters. The SMILES string of the molecule is CC1(C)C[C@H]2C[C@](C)(CN2C(=O)COc2ccc(Cl)cc2Cl)C1. The van der Waals surface area contributed by atoms with Crippen LogP contribution in [0.15, 0.2) is 18.2 Å². The Morgan fingerprint density at radius 3 is 2.74 bits per heavy atom. The fourth-order valence-electron chi connectivity index (χ4n) is 4.57. The molecule has 0 spiro atoms. The standard InChI is InChI=1S/C18H23Cl2NO2/c1-17(2)7-13-8-18(3,10-17)11-21(13)16(22)9-23-15-5-4-12(19)6-14(15)20/h4-6,13H,7-11H2,1-3H3/t13-,18-/m0/s1. The van der Waals surface area contributed by atoms with Crippen molar-refractivity contribution in [1.82, 2.24) is 4.90 Å². The van der Waals surface area contributed by atoms with E-state index >= 15 is 0 Å². The second-order valence-electron chi connectivity index (χ2n) is 8.10. The first-order valence-corrected chi connectivity index (χ1v) is 8.80. The Kier molecular flexibility index (Phi) is 4.31. The Morgan fingerprint density at radius 1 is 1.30 bits per heavy atom. The van der Waals surface area contributed by atoms with Gasteiger partial charge in [0.25, 0.3) is 5.91 Å². The van der Waals surface area contributed by atoms with Gasteiger partial charge in [-0.15, -0.1) is 0 Å². The van der Waals surface area contributed by atoms with Crippen LogP contribution in [0, 0.1) is 10.8 Å². The lowest BCUT2D eigenvalue weighted by atomic mass is 9.65. The summed E-state index contributed by atoms with van der Waals surface area (Å²) in [5.74, 6) is 0.542. The summed E-state index contributed by atoms with van der Waals surface area (Å²) in [7, 11) is 0. The summed E-state index contributed by atoms with van der Waals surface area (Å²) in [6, 6.07) is 5.36. The van der Waals surface area contributed by atoms with E-state index in [0.717, 1.165) is 19.4 Å².